The molecule has 0 amide bonds. The second-order valence-electron chi connectivity index (χ2n) is 5.12. The molecule has 1 unspecified atom stereocenters. The monoisotopic (exact) mass is 289 g/mol. The number of halogens is 1. The van der Waals surface area contributed by atoms with Crippen LogP contribution in [0, 0.1) is 13.8 Å². The first-order chi connectivity index (χ1) is 9.59. The van der Waals surface area contributed by atoms with Crippen LogP contribution in [0.5, 0.6) is 0 Å². The molecule has 2 aromatic rings. The second-order valence-corrected chi connectivity index (χ2v) is 5.47. The fraction of sp³-hybridized carbons (Fsp3) is 0.375. The van der Waals surface area contributed by atoms with E-state index in [9.17, 15) is 0 Å². The summed E-state index contributed by atoms with van der Waals surface area (Å²) in [6.07, 6.45) is 1.05. The first kappa shape index (κ1) is 14.8. The number of hydrogen-bond acceptors (Lipinski definition) is 3. The van der Waals surface area contributed by atoms with Crippen molar-refractivity contribution in [3.05, 3.63) is 52.2 Å². The van der Waals surface area contributed by atoms with Gasteiger partial charge in [0.25, 0.3) is 0 Å². The van der Waals surface area contributed by atoms with E-state index in [1.54, 1.807) is 0 Å². The summed E-state index contributed by atoms with van der Waals surface area (Å²) >= 11 is 5.95. The van der Waals surface area contributed by atoms with Gasteiger partial charge in [-0.1, -0.05) is 48.9 Å². The van der Waals surface area contributed by atoms with Crippen LogP contribution in [0.15, 0.2) is 30.3 Å². The number of rotatable bonds is 5. The van der Waals surface area contributed by atoms with Crippen molar-refractivity contribution in [1.29, 1.82) is 0 Å². The number of nitrogens with one attached hydrogen (secondary N) is 1. The van der Waals surface area contributed by atoms with Gasteiger partial charge in [0, 0.05) is 6.54 Å². The van der Waals surface area contributed by atoms with Crippen LogP contribution < -0.4 is 5.32 Å². The summed E-state index contributed by atoms with van der Waals surface area (Å²) in [7, 11) is 0. The standard InChI is InChI=1S/C16H20ClN3/c1-11(14-7-5-4-6-8-14)9-10-18-16-13(3)12(2)15(17)19-20-16/h4-8,11H,9-10H2,1-3H3,(H,18,20). The molecular weight excluding hydrogens is 270 g/mol. The largest absolute Gasteiger partial charge is 0.368 e. The van der Waals surface area contributed by atoms with Crippen molar-refractivity contribution in [3.8, 4) is 0 Å². The molecule has 0 radical (unpaired) electrons. The minimum atomic E-state index is 0.478. The van der Waals surface area contributed by atoms with Crippen molar-refractivity contribution < 1.29 is 0 Å². The summed E-state index contributed by atoms with van der Waals surface area (Å²) in [5.41, 5.74) is 3.42. The maximum absolute atomic E-state index is 5.95. The van der Waals surface area contributed by atoms with E-state index in [1.807, 2.05) is 19.9 Å². The van der Waals surface area contributed by atoms with Crippen LogP contribution in [0.3, 0.4) is 0 Å². The molecule has 0 aliphatic heterocycles. The van der Waals surface area contributed by atoms with Crippen molar-refractivity contribution in [3.63, 3.8) is 0 Å². The third kappa shape index (κ3) is 3.48. The lowest BCUT2D eigenvalue weighted by molar-refractivity contribution is 0.703. The van der Waals surface area contributed by atoms with Crippen LogP contribution in [0.1, 0.15) is 36.0 Å². The van der Waals surface area contributed by atoms with E-state index >= 15 is 0 Å². The number of anilines is 1. The number of benzene rings is 1. The normalized spacial score (nSPS) is 12.2. The quantitative estimate of drug-likeness (QED) is 0.889. The summed E-state index contributed by atoms with van der Waals surface area (Å²) in [6.45, 7) is 7.08. The van der Waals surface area contributed by atoms with Crippen molar-refractivity contribution >= 4 is 17.4 Å². The lowest BCUT2D eigenvalue weighted by atomic mass is 9.98. The van der Waals surface area contributed by atoms with Gasteiger partial charge in [0.15, 0.2) is 11.0 Å². The Balaban J connectivity index is 1.92. The number of hydrogen-bond donors (Lipinski definition) is 1. The molecule has 106 valence electrons. The zero-order valence-corrected chi connectivity index (χ0v) is 12.9. The van der Waals surface area contributed by atoms with E-state index in [2.05, 4.69) is 46.7 Å². The Bertz CT molecular complexity index is 569. The van der Waals surface area contributed by atoms with Crippen LogP contribution in [0.4, 0.5) is 5.82 Å². The second kappa shape index (κ2) is 6.71. The minimum Gasteiger partial charge on any atom is -0.368 e. The lowest BCUT2D eigenvalue weighted by Crippen LogP contribution is -2.10. The van der Waals surface area contributed by atoms with Crippen LogP contribution in [-0.4, -0.2) is 16.7 Å². The van der Waals surface area contributed by atoms with Crippen molar-refractivity contribution in [1.82, 2.24) is 10.2 Å². The van der Waals surface area contributed by atoms with Crippen LogP contribution >= 0.6 is 11.6 Å². The van der Waals surface area contributed by atoms with Gasteiger partial charge in [-0.2, -0.15) is 0 Å². The first-order valence-electron chi connectivity index (χ1n) is 6.87. The summed E-state index contributed by atoms with van der Waals surface area (Å²) in [5, 5.41) is 11.9. The van der Waals surface area contributed by atoms with Gasteiger partial charge in [-0.25, -0.2) is 0 Å². The molecule has 1 heterocycles. The molecule has 1 atom stereocenters. The predicted molar refractivity (Wildman–Crippen MR) is 84.5 cm³/mol. The molecule has 1 aromatic heterocycles. The molecular formula is C16H20ClN3. The molecule has 0 fully saturated rings. The molecule has 1 N–H and O–H groups in total. The summed E-state index contributed by atoms with van der Waals surface area (Å²) in [5.74, 6) is 1.34. The van der Waals surface area contributed by atoms with Gasteiger partial charge >= 0.3 is 0 Å². The smallest absolute Gasteiger partial charge is 0.155 e. The molecule has 4 heteroatoms. The zero-order chi connectivity index (χ0) is 14.5. The summed E-state index contributed by atoms with van der Waals surface area (Å²) in [4.78, 5) is 0. The Kier molecular flexibility index (Phi) is 4.96. The van der Waals surface area contributed by atoms with E-state index in [4.69, 9.17) is 11.6 Å². The number of nitrogens with zero attached hydrogens (tertiary/aromatic N) is 2. The number of aromatic nitrogens is 2. The Morgan fingerprint density at radius 1 is 1.10 bits per heavy atom. The Morgan fingerprint density at radius 3 is 2.50 bits per heavy atom. The molecule has 1 aromatic carbocycles. The fourth-order valence-corrected chi connectivity index (χ4v) is 2.28. The van der Waals surface area contributed by atoms with E-state index in [1.165, 1.54) is 5.56 Å². The fourth-order valence-electron chi connectivity index (χ4n) is 2.10. The van der Waals surface area contributed by atoms with Crippen molar-refractivity contribution in [2.45, 2.75) is 33.1 Å². The Hall–Kier alpha value is -1.61. The van der Waals surface area contributed by atoms with Gasteiger partial charge in [0.05, 0.1) is 0 Å². The highest BCUT2D eigenvalue weighted by Gasteiger charge is 2.09. The molecule has 20 heavy (non-hydrogen) atoms. The molecule has 3 nitrogen and oxygen atoms in total. The lowest BCUT2D eigenvalue weighted by Gasteiger charge is -2.14. The molecule has 0 aliphatic rings. The average Bonchev–Trinajstić information content (AvgIpc) is 2.48. The molecule has 0 bridgehead atoms. The van der Waals surface area contributed by atoms with Crippen LogP contribution in [0.2, 0.25) is 5.15 Å². The average molecular weight is 290 g/mol. The molecule has 0 spiro atoms. The van der Waals surface area contributed by atoms with Gasteiger partial charge in [-0.05, 0) is 42.9 Å². The summed E-state index contributed by atoms with van der Waals surface area (Å²) in [6, 6.07) is 10.5. The highest BCUT2D eigenvalue weighted by molar-refractivity contribution is 6.30. The van der Waals surface area contributed by atoms with Crippen molar-refractivity contribution in [2.24, 2.45) is 0 Å². The van der Waals surface area contributed by atoms with E-state index in [-0.39, 0.29) is 0 Å². The van der Waals surface area contributed by atoms with Gasteiger partial charge in [-0.3, -0.25) is 0 Å². The SMILES string of the molecule is Cc1c(Cl)nnc(NCCC(C)c2ccccc2)c1C. The molecule has 0 aliphatic carbocycles. The predicted octanol–water partition coefficient (Wildman–Crippen LogP) is 4.35. The van der Waals surface area contributed by atoms with E-state index < -0.39 is 0 Å². The molecule has 2 rings (SSSR count). The van der Waals surface area contributed by atoms with Crippen LogP contribution in [0.25, 0.3) is 0 Å². The zero-order valence-electron chi connectivity index (χ0n) is 12.2. The minimum absolute atomic E-state index is 0.478. The highest BCUT2D eigenvalue weighted by atomic mass is 35.5. The van der Waals surface area contributed by atoms with Gasteiger partial charge < -0.3 is 5.32 Å². The van der Waals surface area contributed by atoms with E-state index in [0.717, 1.165) is 29.9 Å². The topological polar surface area (TPSA) is 37.8 Å². The first-order valence-corrected chi connectivity index (χ1v) is 7.25. The van der Waals surface area contributed by atoms with Gasteiger partial charge in [0.2, 0.25) is 0 Å². The van der Waals surface area contributed by atoms with Crippen LogP contribution in [-0.2, 0) is 0 Å². The van der Waals surface area contributed by atoms with Gasteiger partial charge in [0.1, 0.15) is 0 Å². The third-order valence-corrected chi connectivity index (χ3v) is 4.06. The molecule has 0 saturated carbocycles. The molecule has 0 saturated heterocycles. The maximum atomic E-state index is 5.95. The van der Waals surface area contributed by atoms with Crippen molar-refractivity contribution in [2.75, 3.05) is 11.9 Å². The Labute approximate surface area is 125 Å². The Morgan fingerprint density at radius 2 is 1.80 bits per heavy atom. The third-order valence-electron chi connectivity index (χ3n) is 3.70. The van der Waals surface area contributed by atoms with E-state index in [0.29, 0.717) is 11.1 Å². The maximum Gasteiger partial charge on any atom is 0.155 e. The van der Waals surface area contributed by atoms with Gasteiger partial charge in [-0.15, -0.1) is 10.2 Å². The highest BCUT2D eigenvalue weighted by Crippen LogP contribution is 2.22. The summed E-state index contributed by atoms with van der Waals surface area (Å²) < 4.78 is 0.